The zero-order valence-electron chi connectivity index (χ0n) is 15.3. The predicted molar refractivity (Wildman–Crippen MR) is 105 cm³/mol. The molecule has 1 aliphatic rings. The first kappa shape index (κ1) is 17.7. The first-order valence-electron chi connectivity index (χ1n) is 9.52. The summed E-state index contributed by atoms with van der Waals surface area (Å²) in [5, 5.41) is 11.0. The fourth-order valence-electron chi connectivity index (χ4n) is 4.30. The molecule has 0 aliphatic heterocycles. The largest absolute Gasteiger partial charge is 0.242 e. The molecule has 2 atom stereocenters. The van der Waals surface area contributed by atoms with E-state index >= 15 is 0 Å². The van der Waals surface area contributed by atoms with Crippen molar-refractivity contribution < 1.29 is 8.78 Å². The van der Waals surface area contributed by atoms with Crippen LogP contribution in [0, 0.1) is 23.1 Å². The number of benzene rings is 3. The van der Waals surface area contributed by atoms with Crippen LogP contribution in [0.5, 0.6) is 0 Å². The molecule has 0 heterocycles. The summed E-state index contributed by atoms with van der Waals surface area (Å²) >= 11 is 0. The monoisotopic (exact) mass is 361 g/mol. The highest BCUT2D eigenvalue weighted by molar-refractivity contribution is 5.91. The van der Waals surface area contributed by atoms with Gasteiger partial charge in [0.2, 0.25) is 0 Å². The standard InChI is InChI=1S/C24H21F2N/c1-2-3-15-6-10-21-20-9-7-16(12-18(20)8-11-22(21)24(15)26)17-4-5-19(14-27)23(25)13-17/h4-5,7-9,11-13,15,24H,2-3,6,10H2,1H3/t15-,24+/m0/s1. The zero-order valence-corrected chi connectivity index (χ0v) is 15.3. The van der Waals surface area contributed by atoms with Crippen molar-refractivity contribution in [3.05, 3.63) is 71.0 Å². The molecule has 3 heteroatoms. The molecule has 27 heavy (non-hydrogen) atoms. The number of halogens is 2. The van der Waals surface area contributed by atoms with E-state index < -0.39 is 12.0 Å². The molecule has 136 valence electrons. The van der Waals surface area contributed by atoms with E-state index in [1.807, 2.05) is 36.4 Å². The van der Waals surface area contributed by atoms with Gasteiger partial charge in [-0.3, -0.25) is 0 Å². The summed E-state index contributed by atoms with van der Waals surface area (Å²) in [7, 11) is 0. The quantitative estimate of drug-likeness (QED) is 0.498. The van der Waals surface area contributed by atoms with E-state index in [0.717, 1.165) is 58.7 Å². The van der Waals surface area contributed by atoms with Crippen molar-refractivity contribution in [3.8, 4) is 17.2 Å². The van der Waals surface area contributed by atoms with E-state index in [1.54, 1.807) is 6.07 Å². The van der Waals surface area contributed by atoms with Crippen LogP contribution in [0.15, 0.2) is 48.5 Å². The van der Waals surface area contributed by atoms with Crippen LogP contribution in [0.1, 0.15) is 49.0 Å². The molecule has 1 aliphatic carbocycles. The number of aryl methyl sites for hydroxylation is 1. The van der Waals surface area contributed by atoms with Gasteiger partial charge in [0.1, 0.15) is 18.1 Å². The fraction of sp³-hybridized carbons (Fsp3) is 0.292. The Labute approximate surface area is 158 Å². The van der Waals surface area contributed by atoms with Crippen molar-refractivity contribution in [2.75, 3.05) is 0 Å². The Morgan fingerprint density at radius 1 is 1.07 bits per heavy atom. The van der Waals surface area contributed by atoms with Crippen molar-refractivity contribution in [2.45, 2.75) is 38.8 Å². The predicted octanol–water partition coefficient (Wildman–Crippen LogP) is 6.89. The molecule has 0 unspecified atom stereocenters. The lowest BCUT2D eigenvalue weighted by molar-refractivity contribution is 0.195. The van der Waals surface area contributed by atoms with Gasteiger partial charge in [0, 0.05) is 0 Å². The topological polar surface area (TPSA) is 23.8 Å². The van der Waals surface area contributed by atoms with E-state index in [0.29, 0.717) is 0 Å². The van der Waals surface area contributed by atoms with Crippen LogP contribution in [-0.2, 0) is 6.42 Å². The summed E-state index contributed by atoms with van der Waals surface area (Å²) in [4.78, 5) is 0. The van der Waals surface area contributed by atoms with E-state index in [1.165, 1.54) is 12.1 Å². The maximum Gasteiger partial charge on any atom is 0.141 e. The first-order valence-corrected chi connectivity index (χ1v) is 9.52. The molecule has 4 rings (SSSR count). The minimum absolute atomic E-state index is 0.0456. The highest BCUT2D eigenvalue weighted by atomic mass is 19.1. The van der Waals surface area contributed by atoms with Gasteiger partial charge >= 0.3 is 0 Å². The fourth-order valence-corrected chi connectivity index (χ4v) is 4.30. The Balaban J connectivity index is 1.75. The van der Waals surface area contributed by atoms with Gasteiger partial charge in [-0.05, 0) is 76.4 Å². The van der Waals surface area contributed by atoms with Crippen LogP contribution in [0.3, 0.4) is 0 Å². The van der Waals surface area contributed by atoms with E-state index in [-0.39, 0.29) is 11.5 Å². The highest BCUT2D eigenvalue weighted by Gasteiger charge is 2.29. The Hall–Kier alpha value is -2.73. The molecule has 0 aromatic heterocycles. The highest BCUT2D eigenvalue weighted by Crippen LogP contribution is 2.42. The normalized spacial score (nSPS) is 18.9. The Morgan fingerprint density at radius 2 is 1.85 bits per heavy atom. The maximum absolute atomic E-state index is 14.9. The van der Waals surface area contributed by atoms with Gasteiger partial charge in [-0.25, -0.2) is 8.78 Å². The molecule has 0 radical (unpaired) electrons. The van der Waals surface area contributed by atoms with Crippen molar-refractivity contribution in [1.82, 2.24) is 0 Å². The van der Waals surface area contributed by atoms with E-state index in [4.69, 9.17) is 5.26 Å². The summed E-state index contributed by atoms with van der Waals surface area (Å²) in [6.45, 7) is 2.11. The van der Waals surface area contributed by atoms with Gasteiger partial charge in [-0.2, -0.15) is 5.26 Å². The summed E-state index contributed by atoms with van der Waals surface area (Å²) in [5.41, 5.74) is 3.62. The Morgan fingerprint density at radius 3 is 2.59 bits per heavy atom. The number of hydrogen-bond donors (Lipinski definition) is 0. The lowest BCUT2D eigenvalue weighted by Gasteiger charge is -2.29. The number of nitriles is 1. The molecule has 3 aromatic carbocycles. The van der Waals surface area contributed by atoms with Gasteiger partial charge in [0.25, 0.3) is 0 Å². The third kappa shape index (κ3) is 3.10. The molecule has 0 N–H and O–H groups in total. The van der Waals surface area contributed by atoms with E-state index in [9.17, 15) is 8.78 Å². The molecule has 0 amide bonds. The minimum Gasteiger partial charge on any atom is -0.242 e. The number of nitrogens with zero attached hydrogens (tertiary/aromatic N) is 1. The van der Waals surface area contributed by atoms with Crippen molar-refractivity contribution in [3.63, 3.8) is 0 Å². The van der Waals surface area contributed by atoms with Crippen LogP contribution in [0.25, 0.3) is 21.9 Å². The minimum atomic E-state index is -0.884. The molecule has 0 saturated carbocycles. The van der Waals surface area contributed by atoms with Crippen molar-refractivity contribution in [1.29, 1.82) is 5.26 Å². The Bertz CT molecular complexity index is 1050. The number of alkyl halides is 1. The number of hydrogen-bond acceptors (Lipinski definition) is 1. The summed E-state index contributed by atoms with van der Waals surface area (Å²) in [6.07, 6.45) is 2.86. The molecule has 0 spiro atoms. The lowest BCUT2D eigenvalue weighted by Crippen LogP contribution is -2.17. The second-order valence-electron chi connectivity index (χ2n) is 7.36. The molecule has 3 aromatic rings. The van der Waals surface area contributed by atoms with E-state index in [2.05, 4.69) is 6.92 Å². The van der Waals surface area contributed by atoms with Gasteiger partial charge in [-0.1, -0.05) is 43.7 Å². The number of rotatable bonds is 3. The third-order valence-corrected chi connectivity index (χ3v) is 5.73. The summed E-state index contributed by atoms with van der Waals surface area (Å²) in [6, 6.07) is 16.4. The van der Waals surface area contributed by atoms with Crippen molar-refractivity contribution in [2.24, 2.45) is 5.92 Å². The third-order valence-electron chi connectivity index (χ3n) is 5.73. The van der Waals surface area contributed by atoms with Gasteiger partial charge in [-0.15, -0.1) is 0 Å². The van der Waals surface area contributed by atoms with Gasteiger partial charge in [0.15, 0.2) is 0 Å². The zero-order chi connectivity index (χ0) is 19.0. The first-order chi connectivity index (χ1) is 13.1. The average Bonchev–Trinajstić information content (AvgIpc) is 2.69. The summed E-state index contributed by atoms with van der Waals surface area (Å²) in [5.74, 6) is -0.386. The lowest BCUT2D eigenvalue weighted by atomic mass is 9.78. The molecule has 0 bridgehead atoms. The number of fused-ring (bicyclic) bond motifs is 3. The second-order valence-corrected chi connectivity index (χ2v) is 7.36. The van der Waals surface area contributed by atoms with Crippen LogP contribution in [0.2, 0.25) is 0 Å². The molecule has 0 fully saturated rings. The maximum atomic E-state index is 14.9. The van der Waals surface area contributed by atoms with Crippen LogP contribution in [-0.4, -0.2) is 0 Å². The average molecular weight is 361 g/mol. The summed E-state index contributed by atoms with van der Waals surface area (Å²) < 4.78 is 28.9. The SMILES string of the molecule is CCC[C@H]1CCc2c(ccc3cc(-c4ccc(C#N)c(F)c4)ccc23)[C@@H]1F. The molecule has 0 saturated heterocycles. The van der Waals surface area contributed by atoms with Crippen LogP contribution < -0.4 is 0 Å². The smallest absolute Gasteiger partial charge is 0.141 e. The second kappa shape index (κ2) is 7.12. The van der Waals surface area contributed by atoms with Gasteiger partial charge < -0.3 is 0 Å². The molecular formula is C24H21F2N. The van der Waals surface area contributed by atoms with Crippen LogP contribution >= 0.6 is 0 Å². The van der Waals surface area contributed by atoms with Gasteiger partial charge in [0.05, 0.1) is 5.56 Å². The molecular weight excluding hydrogens is 340 g/mol. The van der Waals surface area contributed by atoms with Crippen LogP contribution in [0.4, 0.5) is 8.78 Å². The van der Waals surface area contributed by atoms with Crippen molar-refractivity contribution >= 4 is 10.8 Å². The Kier molecular flexibility index (Phi) is 4.66. The molecule has 1 nitrogen and oxygen atoms in total.